The predicted octanol–water partition coefficient (Wildman–Crippen LogP) is 1.64. The van der Waals surface area contributed by atoms with Crippen LogP contribution in [0.25, 0.3) is 0 Å². The Hall–Kier alpha value is -2.30. The third-order valence-electron chi connectivity index (χ3n) is 4.84. The summed E-state index contributed by atoms with van der Waals surface area (Å²) in [5.74, 6) is -0.385. The lowest BCUT2D eigenvalue weighted by Gasteiger charge is -2.22. The molecule has 132 valence electrons. The summed E-state index contributed by atoms with van der Waals surface area (Å²) in [6.07, 6.45) is 4.28. The van der Waals surface area contributed by atoms with Gasteiger partial charge in [-0.1, -0.05) is 0 Å². The van der Waals surface area contributed by atoms with Gasteiger partial charge in [0, 0.05) is 26.1 Å². The van der Waals surface area contributed by atoms with E-state index < -0.39 is 0 Å². The number of quaternary nitrogens is 1. The van der Waals surface area contributed by atoms with E-state index in [1.165, 1.54) is 10.6 Å². The fraction of sp³-hybridized carbons (Fsp3) is 0.444. The van der Waals surface area contributed by atoms with Crippen LogP contribution in [0.2, 0.25) is 0 Å². The summed E-state index contributed by atoms with van der Waals surface area (Å²) in [5.41, 5.74) is 8.44. The summed E-state index contributed by atoms with van der Waals surface area (Å²) in [5, 5.41) is 9.90. The van der Waals surface area contributed by atoms with E-state index in [1.807, 2.05) is 0 Å². The Labute approximate surface area is 151 Å². The van der Waals surface area contributed by atoms with Gasteiger partial charge in [-0.3, -0.25) is 0 Å². The number of hydrogen-bond acceptors (Lipinski definition) is 5. The Balaban J connectivity index is 1.93. The number of hydrogen-bond donors (Lipinski definition) is 2. The summed E-state index contributed by atoms with van der Waals surface area (Å²) in [7, 11) is 2.05. The third kappa shape index (κ3) is 3.28. The number of ether oxygens (including phenoxy) is 1. The first-order chi connectivity index (χ1) is 12.1. The van der Waals surface area contributed by atoms with E-state index in [-0.39, 0.29) is 5.97 Å². The standard InChI is InChI=1S/C18H22N4O2S/c1-3-24-18(23)16-13(12(10-19)17(20)25-16)11-22-9-5-7-15(22)14-6-4-8-21(14)2/h4,6,8,15H,3,5,7,9,11,20H2,1-2H3/p+1/t15-/m0/s1. The molecule has 2 atom stereocenters. The quantitative estimate of drug-likeness (QED) is 0.795. The van der Waals surface area contributed by atoms with Crippen molar-refractivity contribution in [3.63, 3.8) is 0 Å². The lowest BCUT2D eigenvalue weighted by Crippen LogP contribution is -3.09. The largest absolute Gasteiger partial charge is 0.462 e. The van der Waals surface area contributed by atoms with Crippen molar-refractivity contribution in [3.05, 3.63) is 40.0 Å². The number of likely N-dealkylation sites (tertiary alicyclic amines) is 1. The molecule has 1 saturated heterocycles. The van der Waals surface area contributed by atoms with Crippen LogP contribution in [-0.2, 0) is 18.3 Å². The van der Waals surface area contributed by atoms with Gasteiger partial charge in [-0.25, -0.2) is 4.79 Å². The minimum atomic E-state index is -0.385. The number of nitriles is 1. The molecule has 1 aliphatic heterocycles. The molecule has 3 heterocycles. The van der Waals surface area contributed by atoms with Crippen molar-refractivity contribution in [2.24, 2.45) is 7.05 Å². The van der Waals surface area contributed by atoms with Gasteiger partial charge >= 0.3 is 5.97 Å². The molecule has 0 aromatic carbocycles. The minimum absolute atomic E-state index is 0.306. The van der Waals surface area contributed by atoms with E-state index in [0.29, 0.717) is 34.6 Å². The van der Waals surface area contributed by atoms with Crippen LogP contribution in [0, 0.1) is 11.3 Å². The second-order valence-corrected chi connectivity index (χ2v) is 7.36. The highest BCUT2D eigenvalue weighted by atomic mass is 32.1. The van der Waals surface area contributed by atoms with Crippen LogP contribution in [0.3, 0.4) is 0 Å². The lowest BCUT2D eigenvalue weighted by molar-refractivity contribution is -0.932. The van der Waals surface area contributed by atoms with Crippen LogP contribution in [0.4, 0.5) is 5.00 Å². The zero-order chi connectivity index (χ0) is 18.0. The van der Waals surface area contributed by atoms with E-state index in [2.05, 4.69) is 36.0 Å². The molecule has 7 heteroatoms. The Morgan fingerprint density at radius 2 is 2.40 bits per heavy atom. The number of thiophene rings is 1. The van der Waals surface area contributed by atoms with Gasteiger partial charge in [-0.05, 0) is 19.1 Å². The summed E-state index contributed by atoms with van der Waals surface area (Å²) >= 11 is 1.16. The molecule has 25 heavy (non-hydrogen) atoms. The summed E-state index contributed by atoms with van der Waals surface area (Å²) < 4.78 is 7.31. The smallest absolute Gasteiger partial charge is 0.348 e. The minimum Gasteiger partial charge on any atom is -0.462 e. The molecular weight excluding hydrogens is 336 g/mol. The Morgan fingerprint density at radius 3 is 3.04 bits per heavy atom. The van der Waals surface area contributed by atoms with Crippen molar-refractivity contribution >= 4 is 22.3 Å². The Bertz CT molecular complexity index is 818. The van der Waals surface area contributed by atoms with Gasteiger partial charge in [0.15, 0.2) is 0 Å². The number of nitrogen functional groups attached to an aromatic ring is 1. The third-order valence-corrected chi connectivity index (χ3v) is 5.88. The fourth-order valence-electron chi connectivity index (χ4n) is 3.68. The van der Waals surface area contributed by atoms with Gasteiger partial charge in [0.1, 0.15) is 28.5 Å². The van der Waals surface area contributed by atoms with Crippen LogP contribution in [-0.4, -0.2) is 23.7 Å². The van der Waals surface area contributed by atoms with Gasteiger partial charge in [0.05, 0.1) is 30.0 Å². The van der Waals surface area contributed by atoms with Crippen molar-refractivity contribution in [3.8, 4) is 6.07 Å². The van der Waals surface area contributed by atoms with E-state index in [0.717, 1.165) is 36.3 Å². The second kappa shape index (κ2) is 7.30. The van der Waals surface area contributed by atoms with Crippen LogP contribution >= 0.6 is 11.3 Å². The van der Waals surface area contributed by atoms with Crippen molar-refractivity contribution in [2.45, 2.75) is 32.4 Å². The number of aryl methyl sites for hydroxylation is 1. The summed E-state index contributed by atoms with van der Waals surface area (Å²) in [6.45, 7) is 3.71. The summed E-state index contributed by atoms with van der Waals surface area (Å²) in [4.78, 5) is 14.1. The van der Waals surface area contributed by atoms with E-state index >= 15 is 0 Å². The molecule has 0 bridgehead atoms. The average Bonchev–Trinajstić information content (AvgIpc) is 3.27. The topological polar surface area (TPSA) is 85.5 Å². The lowest BCUT2D eigenvalue weighted by atomic mass is 10.1. The molecule has 0 radical (unpaired) electrons. The fourth-order valence-corrected chi connectivity index (χ4v) is 4.61. The molecular formula is C18H23N4O2S+. The van der Waals surface area contributed by atoms with Crippen LogP contribution in [0.15, 0.2) is 18.3 Å². The summed E-state index contributed by atoms with van der Waals surface area (Å²) in [6, 6.07) is 6.74. The monoisotopic (exact) mass is 359 g/mol. The first-order valence-corrected chi connectivity index (χ1v) is 9.32. The van der Waals surface area contributed by atoms with Crippen LogP contribution < -0.4 is 10.6 Å². The number of nitrogens with zero attached hydrogens (tertiary/aromatic N) is 2. The molecule has 0 aliphatic carbocycles. The SMILES string of the molecule is CCOC(=O)c1sc(N)c(C#N)c1C[NH+]1CCC[C@H]1c1cccn1C. The predicted molar refractivity (Wildman–Crippen MR) is 96.3 cm³/mol. The highest BCUT2D eigenvalue weighted by molar-refractivity contribution is 7.18. The Kier molecular flexibility index (Phi) is 5.11. The van der Waals surface area contributed by atoms with Crippen molar-refractivity contribution < 1.29 is 14.4 Å². The first-order valence-electron chi connectivity index (χ1n) is 8.51. The van der Waals surface area contributed by atoms with Crippen LogP contribution in [0.5, 0.6) is 0 Å². The number of esters is 1. The molecule has 1 fully saturated rings. The molecule has 1 unspecified atom stereocenters. The molecule has 0 spiro atoms. The number of carbonyl (C=O) groups is 1. The molecule has 3 rings (SSSR count). The van der Waals surface area contributed by atoms with E-state index in [9.17, 15) is 10.1 Å². The van der Waals surface area contributed by atoms with E-state index in [4.69, 9.17) is 10.5 Å². The van der Waals surface area contributed by atoms with Crippen LogP contribution in [0.1, 0.15) is 52.3 Å². The van der Waals surface area contributed by atoms with Gasteiger partial charge in [0.25, 0.3) is 0 Å². The molecule has 2 aromatic heterocycles. The number of anilines is 1. The first kappa shape index (κ1) is 17.5. The van der Waals surface area contributed by atoms with Crippen molar-refractivity contribution in [1.29, 1.82) is 5.26 Å². The zero-order valence-corrected chi connectivity index (χ0v) is 15.4. The highest BCUT2D eigenvalue weighted by Crippen LogP contribution is 2.31. The molecule has 3 N–H and O–H groups in total. The van der Waals surface area contributed by atoms with Gasteiger partial charge in [-0.15, -0.1) is 11.3 Å². The van der Waals surface area contributed by atoms with Crippen molar-refractivity contribution in [2.75, 3.05) is 18.9 Å². The zero-order valence-electron chi connectivity index (χ0n) is 14.5. The molecule has 0 saturated carbocycles. The Morgan fingerprint density at radius 1 is 1.60 bits per heavy atom. The number of nitrogens with one attached hydrogen (secondary N) is 1. The number of carbonyl (C=O) groups excluding carboxylic acids is 1. The van der Waals surface area contributed by atoms with Gasteiger partial charge < -0.3 is 19.9 Å². The van der Waals surface area contributed by atoms with Gasteiger partial charge in [-0.2, -0.15) is 5.26 Å². The normalized spacial score (nSPS) is 19.7. The maximum atomic E-state index is 12.3. The molecule has 2 aromatic rings. The maximum Gasteiger partial charge on any atom is 0.348 e. The number of aromatic nitrogens is 1. The number of nitrogens with two attached hydrogens (primary N) is 1. The average molecular weight is 359 g/mol. The second-order valence-electron chi connectivity index (χ2n) is 6.31. The molecule has 6 nitrogen and oxygen atoms in total. The maximum absolute atomic E-state index is 12.3. The van der Waals surface area contributed by atoms with Crippen molar-refractivity contribution in [1.82, 2.24) is 4.57 Å². The number of rotatable bonds is 5. The highest BCUT2D eigenvalue weighted by Gasteiger charge is 2.34. The molecule has 1 aliphatic rings. The van der Waals surface area contributed by atoms with E-state index in [1.54, 1.807) is 6.92 Å². The molecule has 0 amide bonds. The van der Waals surface area contributed by atoms with Gasteiger partial charge in [0.2, 0.25) is 0 Å².